The van der Waals surface area contributed by atoms with Crippen molar-refractivity contribution in [2.45, 2.75) is 57.5 Å². The van der Waals surface area contributed by atoms with E-state index in [1.807, 2.05) is 0 Å². The van der Waals surface area contributed by atoms with Crippen LogP contribution in [0.2, 0.25) is 0 Å². The Labute approximate surface area is 174 Å². The summed E-state index contributed by atoms with van der Waals surface area (Å²) in [6.45, 7) is 4.08. The van der Waals surface area contributed by atoms with Crippen molar-refractivity contribution in [3.63, 3.8) is 0 Å². The van der Waals surface area contributed by atoms with Gasteiger partial charge in [0.25, 0.3) is 17.2 Å². The van der Waals surface area contributed by atoms with E-state index in [2.05, 4.69) is 6.92 Å². The molecule has 8 heteroatoms. The Morgan fingerprint density at radius 3 is 2.73 bits per heavy atom. The summed E-state index contributed by atoms with van der Waals surface area (Å²) in [5.74, 6) is -2.92. The van der Waals surface area contributed by atoms with Gasteiger partial charge in [0.05, 0.1) is 17.4 Å². The Hall–Kier alpha value is -2.74. The number of aliphatic hydroxyl groups is 1. The molecule has 1 aromatic rings. The number of rotatable bonds is 5. The fraction of sp³-hybridized carbons (Fsp3) is 0.545. The van der Waals surface area contributed by atoms with E-state index in [1.165, 1.54) is 18.2 Å². The summed E-state index contributed by atoms with van der Waals surface area (Å²) in [6, 6.07) is 6.02. The molecule has 4 rings (SSSR count). The van der Waals surface area contributed by atoms with E-state index in [-0.39, 0.29) is 23.3 Å². The topological polar surface area (TPSA) is 110 Å². The molecule has 0 spiro atoms. The minimum absolute atomic E-state index is 0.0111. The van der Waals surface area contributed by atoms with Crippen LogP contribution < -0.4 is 0 Å². The van der Waals surface area contributed by atoms with Gasteiger partial charge in [0.1, 0.15) is 0 Å². The molecule has 1 fully saturated rings. The number of para-hydroxylation sites is 1. The van der Waals surface area contributed by atoms with Crippen LogP contribution in [0.3, 0.4) is 0 Å². The van der Waals surface area contributed by atoms with Gasteiger partial charge in [0.2, 0.25) is 0 Å². The fourth-order valence-electron chi connectivity index (χ4n) is 5.69. The number of esters is 1. The van der Waals surface area contributed by atoms with Gasteiger partial charge in [-0.25, -0.2) is 4.79 Å². The second-order valence-electron chi connectivity index (χ2n) is 8.30. The minimum Gasteiger partial charge on any atom is -0.463 e. The van der Waals surface area contributed by atoms with Crippen molar-refractivity contribution >= 4 is 17.6 Å². The number of piperidine rings is 1. The zero-order valence-electron chi connectivity index (χ0n) is 17.2. The first-order valence-corrected chi connectivity index (χ1v) is 10.5. The number of allylic oxidation sites excluding steroid dienone is 1. The third kappa shape index (κ3) is 2.62. The van der Waals surface area contributed by atoms with E-state index < -0.39 is 28.3 Å². The number of hydrogen-bond acceptors (Lipinski definition) is 6. The highest BCUT2D eigenvalue weighted by Crippen LogP contribution is 2.60. The molecule has 2 aliphatic heterocycles. The minimum atomic E-state index is -2.53. The average Bonchev–Trinajstić information content (AvgIpc) is 3.13. The smallest absolute Gasteiger partial charge is 0.349 e. The number of carbonyl (C=O) groups excluding carboxylic acids is 2. The molecule has 1 aromatic carbocycles. The van der Waals surface area contributed by atoms with Crippen LogP contribution in [0.25, 0.3) is 0 Å². The number of nitrogens with zero attached hydrogens (tertiary/aromatic N) is 2. The maximum Gasteiger partial charge on any atom is 0.349 e. The summed E-state index contributed by atoms with van der Waals surface area (Å²) in [7, 11) is 0. The van der Waals surface area contributed by atoms with Crippen molar-refractivity contribution in [2.75, 3.05) is 13.2 Å². The van der Waals surface area contributed by atoms with Gasteiger partial charge in [-0.1, -0.05) is 25.1 Å². The third-order valence-electron chi connectivity index (χ3n) is 7.03. The molecule has 30 heavy (non-hydrogen) atoms. The van der Waals surface area contributed by atoms with Crippen molar-refractivity contribution < 1.29 is 24.4 Å². The predicted octanol–water partition coefficient (Wildman–Crippen LogP) is 3.05. The second kappa shape index (κ2) is 7.19. The Bertz CT molecular complexity index is 957. The summed E-state index contributed by atoms with van der Waals surface area (Å²) >= 11 is 0. The van der Waals surface area contributed by atoms with Crippen molar-refractivity contribution in [3.8, 4) is 0 Å². The van der Waals surface area contributed by atoms with Gasteiger partial charge >= 0.3 is 5.97 Å². The summed E-state index contributed by atoms with van der Waals surface area (Å²) in [6.07, 6.45) is 3.91. The lowest BCUT2D eigenvalue weighted by molar-refractivity contribution is -0.385. The van der Waals surface area contributed by atoms with E-state index >= 15 is 0 Å². The van der Waals surface area contributed by atoms with Crippen molar-refractivity contribution in [2.24, 2.45) is 5.41 Å². The molecule has 8 nitrogen and oxygen atoms in total. The van der Waals surface area contributed by atoms with Crippen LogP contribution in [0, 0.1) is 15.5 Å². The van der Waals surface area contributed by atoms with Crippen molar-refractivity contribution in [1.82, 2.24) is 4.90 Å². The Morgan fingerprint density at radius 1 is 1.33 bits per heavy atom. The van der Waals surface area contributed by atoms with Gasteiger partial charge in [-0.15, -0.1) is 0 Å². The molecule has 1 N–H and O–H groups in total. The molecule has 3 atom stereocenters. The molecule has 1 amide bonds. The number of hydrogen-bond donors (Lipinski definition) is 1. The van der Waals surface area contributed by atoms with Crippen LogP contribution >= 0.6 is 0 Å². The Kier molecular flexibility index (Phi) is 4.92. The number of nitro groups is 1. The SMILES string of the molecule is CCOC(=O)C1(O)C(=O)N2CCC[C@]3(CC)CCC(=C23)[C@H]1c1ccccc1[N+](=O)[O-]. The first-order valence-electron chi connectivity index (χ1n) is 10.5. The number of carbonyl (C=O) groups is 2. The van der Waals surface area contributed by atoms with E-state index in [9.17, 15) is 24.8 Å². The first-order chi connectivity index (χ1) is 14.3. The molecule has 3 aliphatic rings. The molecule has 1 saturated heterocycles. The molecule has 0 radical (unpaired) electrons. The van der Waals surface area contributed by atoms with Gasteiger partial charge in [-0.05, 0) is 44.6 Å². The highest BCUT2D eigenvalue weighted by molar-refractivity contribution is 6.09. The largest absolute Gasteiger partial charge is 0.463 e. The van der Waals surface area contributed by atoms with Crippen molar-refractivity contribution in [3.05, 3.63) is 51.2 Å². The maximum atomic E-state index is 13.6. The Morgan fingerprint density at radius 2 is 2.07 bits per heavy atom. The monoisotopic (exact) mass is 414 g/mol. The number of benzene rings is 1. The van der Waals surface area contributed by atoms with Crippen LogP contribution in [-0.4, -0.2) is 45.6 Å². The van der Waals surface area contributed by atoms with E-state index in [4.69, 9.17) is 4.74 Å². The molecule has 160 valence electrons. The van der Waals surface area contributed by atoms with E-state index in [1.54, 1.807) is 17.9 Å². The van der Waals surface area contributed by atoms with E-state index in [0.29, 0.717) is 13.0 Å². The lowest BCUT2D eigenvalue weighted by Gasteiger charge is -2.49. The number of ether oxygens (including phenoxy) is 1. The van der Waals surface area contributed by atoms with E-state index in [0.717, 1.165) is 37.0 Å². The van der Waals surface area contributed by atoms with Crippen LogP contribution in [0.5, 0.6) is 0 Å². The highest BCUT2D eigenvalue weighted by atomic mass is 16.6. The lowest BCUT2D eigenvalue weighted by Crippen LogP contribution is -2.63. The molecular formula is C22H26N2O6. The zero-order chi connectivity index (χ0) is 21.7. The van der Waals surface area contributed by atoms with Gasteiger partial charge in [-0.2, -0.15) is 0 Å². The van der Waals surface area contributed by atoms with Crippen LogP contribution in [0.4, 0.5) is 5.69 Å². The van der Waals surface area contributed by atoms with Crippen molar-refractivity contribution in [1.29, 1.82) is 0 Å². The predicted molar refractivity (Wildman–Crippen MR) is 107 cm³/mol. The highest BCUT2D eigenvalue weighted by Gasteiger charge is 2.64. The maximum absolute atomic E-state index is 13.6. The standard InChI is InChI=1S/C22H26N2O6/c1-3-21-11-7-13-23-18(21)15(10-12-21)17(14-8-5-6-9-16(14)24(28)29)22(27,19(23)25)20(26)30-4-2/h5-6,8-9,17,27H,3-4,7,10-13H2,1-2H3/t17-,21-,22?/m1/s1. The summed E-state index contributed by atoms with van der Waals surface area (Å²) in [5, 5.41) is 23.4. The van der Waals surface area contributed by atoms with Gasteiger partial charge in [-0.3, -0.25) is 14.9 Å². The van der Waals surface area contributed by atoms with Crippen LogP contribution in [-0.2, 0) is 14.3 Å². The summed E-state index contributed by atoms with van der Waals surface area (Å²) in [4.78, 5) is 39.4. The molecule has 0 saturated carbocycles. The second-order valence-corrected chi connectivity index (χ2v) is 8.30. The normalized spacial score (nSPS) is 30.3. The fourth-order valence-corrected chi connectivity index (χ4v) is 5.69. The molecule has 0 bridgehead atoms. The zero-order valence-corrected chi connectivity index (χ0v) is 17.2. The summed E-state index contributed by atoms with van der Waals surface area (Å²) < 4.78 is 5.12. The lowest BCUT2D eigenvalue weighted by atomic mass is 9.68. The molecular weight excluding hydrogens is 388 g/mol. The summed E-state index contributed by atoms with van der Waals surface area (Å²) in [5.41, 5.74) is -1.15. The average molecular weight is 414 g/mol. The molecule has 0 aromatic heterocycles. The number of amides is 1. The van der Waals surface area contributed by atoms with Gasteiger partial charge in [0, 0.05) is 29.3 Å². The Balaban J connectivity index is 2.02. The molecule has 1 aliphatic carbocycles. The van der Waals surface area contributed by atoms with Crippen LogP contribution in [0.1, 0.15) is 57.4 Å². The number of nitro benzene ring substituents is 1. The molecule has 1 unspecified atom stereocenters. The quantitative estimate of drug-likeness (QED) is 0.343. The molecule has 2 heterocycles. The third-order valence-corrected chi connectivity index (χ3v) is 7.03. The van der Waals surface area contributed by atoms with Crippen LogP contribution in [0.15, 0.2) is 35.5 Å². The first kappa shape index (κ1) is 20.5. The van der Waals surface area contributed by atoms with Gasteiger partial charge in [0.15, 0.2) is 0 Å². The van der Waals surface area contributed by atoms with Gasteiger partial charge < -0.3 is 14.7 Å².